The quantitative estimate of drug-likeness (QED) is 0.694. The van der Waals surface area contributed by atoms with Gasteiger partial charge in [0.25, 0.3) is 0 Å². The van der Waals surface area contributed by atoms with Gasteiger partial charge in [-0.25, -0.2) is 4.98 Å². The SMILES string of the molecule is Cc1cc(N(C)C)nc(N[C@H]2CC[C@@H](NCc3cccc(OC(F)(F)F)c3)CC2)n1. The molecule has 0 atom stereocenters. The standard InChI is InChI=1S/C21H28F3N5O/c1-14-11-19(29(2)3)28-20(26-14)27-17-9-7-16(8-10-17)25-13-15-5-4-6-18(12-15)30-21(22,23)24/h4-6,11-12,16-17,25H,7-10,13H2,1-3H3,(H,26,27,28)/t16-,17+. The van der Waals surface area contributed by atoms with Crippen molar-refractivity contribution in [2.24, 2.45) is 0 Å². The third kappa shape index (κ3) is 6.76. The van der Waals surface area contributed by atoms with Gasteiger partial charge in [0.15, 0.2) is 0 Å². The zero-order valence-electron chi connectivity index (χ0n) is 17.5. The minimum atomic E-state index is -4.67. The Hall–Kier alpha value is -2.55. The Bertz CT molecular complexity index is 836. The van der Waals surface area contributed by atoms with Crippen LogP contribution in [0.5, 0.6) is 5.75 Å². The van der Waals surface area contributed by atoms with E-state index in [9.17, 15) is 13.2 Å². The van der Waals surface area contributed by atoms with Crippen LogP contribution in [0.25, 0.3) is 0 Å². The van der Waals surface area contributed by atoms with Gasteiger partial charge >= 0.3 is 6.36 Å². The maximum Gasteiger partial charge on any atom is 0.573 e. The summed E-state index contributed by atoms with van der Waals surface area (Å²) in [5.41, 5.74) is 1.68. The van der Waals surface area contributed by atoms with Crippen molar-refractivity contribution < 1.29 is 17.9 Å². The normalized spacial score (nSPS) is 19.4. The summed E-state index contributed by atoms with van der Waals surface area (Å²) in [5, 5.41) is 6.88. The van der Waals surface area contributed by atoms with E-state index in [1.54, 1.807) is 12.1 Å². The van der Waals surface area contributed by atoms with Crippen LogP contribution in [0.4, 0.5) is 24.9 Å². The molecule has 0 radical (unpaired) electrons. The van der Waals surface area contributed by atoms with Gasteiger partial charge in [0, 0.05) is 44.5 Å². The van der Waals surface area contributed by atoms with Gasteiger partial charge in [-0.15, -0.1) is 13.2 Å². The number of nitrogens with zero attached hydrogens (tertiary/aromatic N) is 3. The molecule has 3 rings (SSSR count). The third-order valence-electron chi connectivity index (χ3n) is 5.09. The van der Waals surface area contributed by atoms with Gasteiger partial charge in [0.1, 0.15) is 11.6 Å². The Balaban J connectivity index is 1.47. The summed E-state index contributed by atoms with van der Waals surface area (Å²) in [6.45, 7) is 2.46. The Morgan fingerprint density at radius 2 is 1.77 bits per heavy atom. The van der Waals surface area contributed by atoms with E-state index in [4.69, 9.17) is 0 Å². The Labute approximate surface area is 174 Å². The number of benzene rings is 1. The molecular formula is C21H28F3N5O. The lowest BCUT2D eigenvalue weighted by Crippen LogP contribution is -2.37. The van der Waals surface area contributed by atoms with Crippen molar-refractivity contribution in [3.63, 3.8) is 0 Å². The molecule has 6 nitrogen and oxygen atoms in total. The number of hydrogen-bond acceptors (Lipinski definition) is 6. The van der Waals surface area contributed by atoms with E-state index in [1.165, 1.54) is 12.1 Å². The zero-order chi connectivity index (χ0) is 21.7. The molecule has 0 amide bonds. The summed E-state index contributed by atoms with van der Waals surface area (Å²) >= 11 is 0. The molecule has 2 N–H and O–H groups in total. The van der Waals surface area contributed by atoms with Crippen molar-refractivity contribution in [3.8, 4) is 5.75 Å². The smallest absolute Gasteiger partial charge is 0.406 e. The number of anilines is 2. The third-order valence-corrected chi connectivity index (χ3v) is 5.09. The summed E-state index contributed by atoms with van der Waals surface area (Å²) in [7, 11) is 3.90. The van der Waals surface area contributed by atoms with Crippen molar-refractivity contribution in [1.29, 1.82) is 0 Å². The predicted octanol–water partition coefficient (Wildman–Crippen LogP) is 4.26. The van der Waals surface area contributed by atoms with Crippen molar-refractivity contribution >= 4 is 11.8 Å². The molecule has 30 heavy (non-hydrogen) atoms. The largest absolute Gasteiger partial charge is 0.573 e. The summed E-state index contributed by atoms with van der Waals surface area (Å²) in [6, 6.07) is 8.67. The fraction of sp³-hybridized carbons (Fsp3) is 0.524. The average molecular weight is 423 g/mol. The Kier molecular flexibility index (Phi) is 7.02. The number of rotatable bonds is 7. The lowest BCUT2D eigenvalue weighted by molar-refractivity contribution is -0.274. The van der Waals surface area contributed by atoms with Gasteiger partial charge in [0.2, 0.25) is 5.95 Å². The fourth-order valence-electron chi connectivity index (χ4n) is 3.58. The number of aromatic nitrogens is 2. The van der Waals surface area contributed by atoms with E-state index in [0.717, 1.165) is 42.8 Å². The highest BCUT2D eigenvalue weighted by molar-refractivity contribution is 5.43. The van der Waals surface area contributed by atoms with E-state index >= 15 is 0 Å². The fourth-order valence-corrected chi connectivity index (χ4v) is 3.58. The van der Waals surface area contributed by atoms with E-state index in [-0.39, 0.29) is 5.75 Å². The first-order chi connectivity index (χ1) is 14.2. The van der Waals surface area contributed by atoms with Crippen LogP contribution in [-0.4, -0.2) is 42.5 Å². The summed E-state index contributed by atoms with van der Waals surface area (Å²) in [5.74, 6) is 1.33. The average Bonchev–Trinajstić information content (AvgIpc) is 2.66. The molecule has 0 bridgehead atoms. The van der Waals surface area contributed by atoms with Gasteiger partial charge in [-0.05, 0) is 50.3 Å². The van der Waals surface area contributed by atoms with E-state index < -0.39 is 6.36 Å². The molecular weight excluding hydrogens is 395 g/mol. The maximum atomic E-state index is 12.4. The summed E-state index contributed by atoms with van der Waals surface area (Å²) in [6.07, 6.45) is -0.774. The van der Waals surface area contributed by atoms with Gasteiger partial charge in [-0.3, -0.25) is 0 Å². The van der Waals surface area contributed by atoms with E-state index in [2.05, 4.69) is 25.3 Å². The van der Waals surface area contributed by atoms with Crippen molar-refractivity contribution in [2.45, 2.75) is 57.6 Å². The van der Waals surface area contributed by atoms with Crippen LogP contribution in [-0.2, 0) is 6.54 Å². The molecule has 1 aromatic heterocycles. The second-order valence-corrected chi connectivity index (χ2v) is 7.85. The lowest BCUT2D eigenvalue weighted by Gasteiger charge is -2.30. The van der Waals surface area contributed by atoms with Gasteiger partial charge < -0.3 is 20.3 Å². The van der Waals surface area contributed by atoms with Crippen LogP contribution in [0.3, 0.4) is 0 Å². The highest BCUT2D eigenvalue weighted by Gasteiger charge is 2.31. The molecule has 1 aliphatic carbocycles. The van der Waals surface area contributed by atoms with Gasteiger partial charge in [-0.1, -0.05) is 12.1 Å². The van der Waals surface area contributed by atoms with Crippen molar-refractivity contribution in [2.75, 3.05) is 24.3 Å². The Morgan fingerprint density at radius 1 is 1.07 bits per heavy atom. The second kappa shape index (κ2) is 9.51. The van der Waals surface area contributed by atoms with Gasteiger partial charge in [-0.2, -0.15) is 4.98 Å². The van der Waals surface area contributed by atoms with Crippen LogP contribution < -0.4 is 20.3 Å². The molecule has 164 valence electrons. The highest BCUT2D eigenvalue weighted by Crippen LogP contribution is 2.25. The number of ether oxygens (including phenoxy) is 1. The first kappa shape index (κ1) is 22.1. The number of hydrogen-bond donors (Lipinski definition) is 2. The number of halogens is 3. The van der Waals surface area contributed by atoms with Crippen LogP contribution in [0.15, 0.2) is 30.3 Å². The zero-order valence-corrected chi connectivity index (χ0v) is 17.5. The molecule has 1 aliphatic rings. The lowest BCUT2D eigenvalue weighted by atomic mass is 9.91. The maximum absolute atomic E-state index is 12.4. The van der Waals surface area contributed by atoms with Gasteiger partial charge in [0.05, 0.1) is 0 Å². The summed E-state index contributed by atoms with van der Waals surface area (Å²) < 4.78 is 41.1. The molecule has 9 heteroatoms. The second-order valence-electron chi connectivity index (χ2n) is 7.85. The first-order valence-corrected chi connectivity index (χ1v) is 10.1. The van der Waals surface area contributed by atoms with Crippen LogP contribution in [0.2, 0.25) is 0 Å². The molecule has 0 aliphatic heterocycles. The predicted molar refractivity (Wildman–Crippen MR) is 111 cm³/mol. The van der Waals surface area contributed by atoms with Crippen LogP contribution in [0.1, 0.15) is 36.9 Å². The molecule has 1 fully saturated rings. The molecule has 1 heterocycles. The molecule has 0 spiro atoms. The highest BCUT2D eigenvalue weighted by atomic mass is 19.4. The monoisotopic (exact) mass is 423 g/mol. The van der Waals surface area contributed by atoms with E-state index in [0.29, 0.717) is 24.6 Å². The molecule has 0 unspecified atom stereocenters. The molecule has 0 saturated heterocycles. The topological polar surface area (TPSA) is 62.3 Å². The minimum Gasteiger partial charge on any atom is -0.406 e. The molecule has 1 aromatic carbocycles. The molecule has 1 saturated carbocycles. The van der Waals surface area contributed by atoms with Crippen molar-refractivity contribution in [3.05, 3.63) is 41.6 Å². The minimum absolute atomic E-state index is 0.190. The van der Waals surface area contributed by atoms with Crippen LogP contribution in [0, 0.1) is 6.92 Å². The number of nitrogens with one attached hydrogen (secondary N) is 2. The van der Waals surface area contributed by atoms with E-state index in [1.807, 2.05) is 32.0 Å². The van der Waals surface area contributed by atoms with Crippen LogP contribution >= 0.6 is 0 Å². The Morgan fingerprint density at radius 3 is 2.43 bits per heavy atom. The number of aryl methyl sites for hydroxylation is 1. The number of alkyl halides is 3. The summed E-state index contributed by atoms with van der Waals surface area (Å²) in [4.78, 5) is 11.0. The first-order valence-electron chi connectivity index (χ1n) is 10.1. The van der Waals surface area contributed by atoms with Crippen molar-refractivity contribution in [1.82, 2.24) is 15.3 Å². The molecule has 2 aromatic rings.